The Morgan fingerprint density at radius 2 is 1.74 bits per heavy atom. The second-order valence-corrected chi connectivity index (χ2v) is 5.85. The highest BCUT2D eigenvalue weighted by Gasteiger charge is 2.30. The molecule has 1 aromatic carbocycles. The second kappa shape index (κ2) is 6.13. The predicted octanol–water partition coefficient (Wildman–Crippen LogP) is 3.31. The van der Waals surface area contributed by atoms with Gasteiger partial charge in [0.05, 0.1) is 0 Å². The highest BCUT2D eigenvalue weighted by Crippen LogP contribution is 2.30. The minimum absolute atomic E-state index is 0.0376. The zero-order valence-electron chi connectivity index (χ0n) is 11.9. The van der Waals surface area contributed by atoms with Crippen molar-refractivity contribution < 1.29 is 13.6 Å². The lowest BCUT2D eigenvalue weighted by molar-refractivity contribution is -0.128. The molecule has 0 heterocycles. The van der Waals surface area contributed by atoms with Crippen LogP contribution >= 0.6 is 0 Å². The number of nitrogens with one attached hydrogen (secondary N) is 1. The third kappa shape index (κ3) is 4.62. The molecule has 1 unspecified atom stereocenters. The summed E-state index contributed by atoms with van der Waals surface area (Å²) in [6.45, 7) is 5.96. The molecule has 1 amide bonds. The van der Waals surface area contributed by atoms with Crippen molar-refractivity contribution in [3.05, 3.63) is 35.4 Å². The van der Waals surface area contributed by atoms with Gasteiger partial charge in [-0.3, -0.25) is 4.79 Å². The molecular weight excluding hydrogens is 248 g/mol. The molecule has 0 spiro atoms. The molecule has 0 saturated carbocycles. The van der Waals surface area contributed by atoms with Crippen molar-refractivity contribution in [3.8, 4) is 0 Å². The highest BCUT2D eigenvalue weighted by atomic mass is 19.1. The molecule has 106 valence electrons. The van der Waals surface area contributed by atoms with Crippen LogP contribution in [0.3, 0.4) is 0 Å². The Morgan fingerprint density at radius 3 is 2.16 bits per heavy atom. The van der Waals surface area contributed by atoms with Gasteiger partial charge in [0.15, 0.2) is 0 Å². The average Bonchev–Trinajstić information content (AvgIpc) is 2.25. The van der Waals surface area contributed by atoms with E-state index in [1.165, 1.54) is 12.1 Å². The molecule has 0 aliphatic heterocycles. The van der Waals surface area contributed by atoms with E-state index in [0.717, 1.165) is 6.07 Å². The number of hydrogen-bond donors (Lipinski definition) is 1. The molecule has 0 bridgehead atoms. The summed E-state index contributed by atoms with van der Waals surface area (Å²) in [7, 11) is 1.60. The first-order chi connectivity index (χ1) is 8.74. The summed E-state index contributed by atoms with van der Waals surface area (Å²) in [5.41, 5.74) is 0.391. The van der Waals surface area contributed by atoms with Crippen molar-refractivity contribution >= 4 is 5.91 Å². The molecule has 1 N–H and O–H groups in total. The highest BCUT2D eigenvalue weighted by molar-refractivity contribution is 5.79. The first kappa shape index (κ1) is 15.6. The Kier molecular flexibility index (Phi) is 5.04. The summed E-state index contributed by atoms with van der Waals surface area (Å²) >= 11 is 0. The van der Waals surface area contributed by atoms with E-state index in [1.807, 2.05) is 20.8 Å². The molecule has 1 aromatic rings. The molecule has 0 saturated heterocycles. The van der Waals surface area contributed by atoms with Gasteiger partial charge in [0.2, 0.25) is 5.91 Å². The molecule has 0 aromatic heterocycles. The van der Waals surface area contributed by atoms with Crippen LogP contribution in [-0.4, -0.2) is 13.0 Å². The van der Waals surface area contributed by atoms with Gasteiger partial charge in [-0.25, -0.2) is 8.78 Å². The van der Waals surface area contributed by atoms with Gasteiger partial charge < -0.3 is 5.32 Å². The Labute approximate surface area is 113 Å². The molecule has 2 nitrogen and oxygen atoms in total. The van der Waals surface area contributed by atoms with Crippen LogP contribution in [0.4, 0.5) is 8.78 Å². The summed E-state index contributed by atoms with van der Waals surface area (Å²) in [5.74, 6) is -1.39. The smallest absolute Gasteiger partial charge is 0.223 e. The maximum Gasteiger partial charge on any atom is 0.223 e. The lowest BCUT2D eigenvalue weighted by Crippen LogP contribution is -2.36. The average molecular weight is 269 g/mol. The summed E-state index contributed by atoms with van der Waals surface area (Å²) in [6.07, 6.45) is 1.04. The number of benzene rings is 1. The number of aryl methyl sites for hydroxylation is 1. The van der Waals surface area contributed by atoms with Crippen molar-refractivity contribution in [2.24, 2.45) is 11.3 Å². The van der Waals surface area contributed by atoms with Gasteiger partial charge in [-0.05, 0) is 36.0 Å². The zero-order chi connectivity index (χ0) is 14.6. The van der Waals surface area contributed by atoms with Crippen LogP contribution < -0.4 is 5.32 Å². The normalized spacial score (nSPS) is 13.2. The van der Waals surface area contributed by atoms with Gasteiger partial charge in [-0.1, -0.05) is 20.8 Å². The fraction of sp³-hybridized carbons (Fsp3) is 0.533. The number of carbonyl (C=O) groups is 1. The quantitative estimate of drug-likeness (QED) is 0.892. The summed E-state index contributed by atoms with van der Waals surface area (Å²) in [5, 5.41) is 2.64. The number of halogens is 2. The number of carbonyl (C=O) groups excluding carboxylic acids is 1. The van der Waals surface area contributed by atoms with E-state index in [1.54, 1.807) is 7.05 Å². The topological polar surface area (TPSA) is 29.1 Å². The van der Waals surface area contributed by atoms with Gasteiger partial charge in [0.1, 0.15) is 11.6 Å². The Balaban J connectivity index is 2.79. The number of hydrogen-bond acceptors (Lipinski definition) is 1. The maximum absolute atomic E-state index is 13.1. The van der Waals surface area contributed by atoms with Crippen LogP contribution in [-0.2, 0) is 11.2 Å². The maximum atomic E-state index is 13.1. The Bertz CT molecular complexity index is 432. The molecule has 0 aliphatic carbocycles. The molecule has 1 atom stereocenters. The lowest BCUT2D eigenvalue weighted by atomic mass is 9.77. The van der Waals surface area contributed by atoms with Gasteiger partial charge >= 0.3 is 0 Å². The molecular formula is C15H21F2NO. The van der Waals surface area contributed by atoms with E-state index in [0.29, 0.717) is 18.4 Å². The fourth-order valence-electron chi connectivity index (χ4n) is 2.20. The molecule has 0 fully saturated rings. The molecule has 4 heteroatoms. The standard InChI is InChI=1S/C15H21F2NO/c1-15(2,3)13(14(19)18-4)6-5-10-7-11(16)9-12(17)8-10/h7-9,13H,5-6H2,1-4H3,(H,18,19). The van der Waals surface area contributed by atoms with E-state index < -0.39 is 11.6 Å². The SMILES string of the molecule is CNC(=O)C(CCc1cc(F)cc(F)c1)C(C)(C)C. The molecule has 19 heavy (non-hydrogen) atoms. The lowest BCUT2D eigenvalue weighted by Gasteiger charge is -2.29. The summed E-state index contributed by atoms with van der Waals surface area (Å²) < 4.78 is 26.2. The molecule has 0 radical (unpaired) electrons. The van der Waals surface area contributed by atoms with Crippen LogP contribution in [0.15, 0.2) is 18.2 Å². The Morgan fingerprint density at radius 1 is 1.21 bits per heavy atom. The monoisotopic (exact) mass is 269 g/mol. The van der Waals surface area contributed by atoms with E-state index in [-0.39, 0.29) is 17.2 Å². The van der Waals surface area contributed by atoms with Crippen molar-refractivity contribution in [2.45, 2.75) is 33.6 Å². The summed E-state index contributed by atoms with van der Waals surface area (Å²) in [6, 6.07) is 3.47. The van der Waals surface area contributed by atoms with Crippen molar-refractivity contribution in [1.82, 2.24) is 5.32 Å². The van der Waals surface area contributed by atoms with Crippen molar-refractivity contribution in [1.29, 1.82) is 0 Å². The number of amides is 1. The van der Waals surface area contributed by atoms with Crippen molar-refractivity contribution in [2.75, 3.05) is 7.05 Å². The Hall–Kier alpha value is -1.45. The third-order valence-electron chi connectivity index (χ3n) is 3.25. The minimum Gasteiger partial charge on any atom is -0.359 e. The minimum atomic E-state index is -0.581. The van der Waals surface area contributed by atoms with E-state index >= 15 is 0 Å². The molecule has 1 rings (SSSR count). The van der Waals surface area contributed by atoms with E-state index in [9.17, 15) is 13.6 Å². The zero-order valence-corrected chi connectivity index (χ0v) is 11.9. The van der Waals surface area contributed by atoms with Gasteiger partial charge in [-0.2, -0.15) is 0 Å². The van der Waals surface area contributed by atoms with Gasteiger partial charge in [-0.15, -0.1) is 0 Å². The molecule has 0 aliphatic rings. The van der Waals surface area contributed by atoms with Crippen LogP contribution in [0.5, 0.6) is 0 Å². The first-order valence-electron chi connectivity index (χ1n) is 6.40. The largest absolute Gasteiger partial charge is 0.359 e. The first-order valence-corrected chi connectivity index (χ1v) is 6.40. The van der Waals surface area contributed by atoms with E-state index in [2.05, 4.69) is 5.32 Å². The predicted molar refractivity (Wildman–Crippen MR) is 71.7 cm³/mol. The van der Waals surface area contributed by atoms with Crippen LogP contribution in [0, 0.1) is 23.0 Å². The van der Waals surface area contributed by atoms with Crippen LogP contribution in [0.25, 0.3) is 0 Å². The number of rotatable bonds is 4. The fourth-order valence-corrected chi connectivity index (χ4v) is 2.20. The van der Waals surface area contributed by atoms with Crippen LogP contribution in [0.2, 0.25) is 0 Å². The second-order valence-electron chi connectivity index (χ2n) is 5.85. The van der Waals surface area contributed by atoms with Crippen molar-refractivity contribution in [3.63, 3.8) is 0 Å². The third-order valence-corrected chi connectivity index (χ3v) is 3.25. The summed E-state index contributed by atoms with van der Waals surface area (Å²) in [4.78, 5) is 11.9. The van der Waals surface area contributed by atoms with Crippen LogP contribution in [0.1, 0.15) is 32.8 Å². The van der Waals surface area contributed by atoms with E-state index in [4.69, 9.17) is 0 Å². The van der Waals surface area contributed by atoms with Gasteiger partial charge in [0.25, 0.3) is 0 Å². The van der Waals surface area contributed by atoms with Gasteiger partial charge in [0, 0.05) is 19.0 Å².